The molecule has 1 aliphatic rings. The van der Waals surface area contributed by atoms with E-state index in [1.54, 1.807) is 0 Å². The number of piperazine rings is 1. The van der Waals surface area contributed by atoms with Gasteiger partial charge in [-0.05, 0) is 25.8 Å². The van der Waals surface area contributed by atoms with Gasteiger partial charge in [0, 0.05) is 38.8 Å². The van der Waals surface area contributed by atoms with Crippen LogP contribution < -0.4 is 5.32 Å². The Hall–Kier alpha value is -0.870. The van der Waals surface area contributed by atoms with Crippen LogP contribution in [0, 0.1) is 12.8 Å². The Morgan fingerprint density at radius 2 is 2.26 bits per heavy atom. The van der Waals surface area contributed by atoms with E-state index in [4.69, 9.17) is 0 Å². The van der Waals surface area contributed by atoms with Crippen LogP contribution in [0.15, 0.2) is 6.07 Å². The van der Waals surface area contributed by atoms with E-state index >= 15 is 0 Å². The van der Waals surface area contributed by atoms with E-state index in [1.807, 2.05) is 0 Å². The van der Waals surface area contributed by atoms with Crippen LogP contribution in [0.25, 0.3) is 0 Å². The molecule has 2 atom stereocenters. The Kier molecular flexibility index (Phi) is 4.99. The Bertz CT molecular complexity index is 399. The lowest BCUT2D eigenvalue weighted by atomic mass is 9.97. The van der Waals surface area contributed by atoms with Crippen molar-refractivity contribution in [2.24, 2.45) is 5.92 Å². The first-order valence-corrected chi connectivity index (χ1v) is 7.63. The van der Waals surface area contributed by atoms with Crippen molar-refractivity contribution in [1.82, 2.24) is 20.0 Å². The maximum atomic E-state index is 4.54. The SMILES string of the molecule is CCC(C)C1CN(Cc2cc(C)nn2CC)CCN1. The third kappa shape index (κ3) is 3.57. The molecule has 1 aromatic heterocycles. The fourth-order valence-electron chi connectivity index (χ4n) is 2.88. The predicted octanol–water partition coefficient (Wildman–Crippen LogP) is 2.03. The molecule has 0 aliphatic carbocycles. The van der Waals surface area contributed by atoms with Gasteiger partial charge in [0.25, 0.3) is 0 Å². The molecule has 2 unspecified atom stereocenters. The van der Waals surface area contributed by atoms with Gasteiger partial charge in [-0.25, -0.2) is 0 Å². The molecule has 108 valence electrons. The molecule has 0 aromatic carbocycles. The van der Waals surface area contributed by atoms with E-state index in [9.17, 15) is 0 Å². The summed E-state index contributed by atoms with van der Waals surface area (Å²) in [5.74, 6) is 0.751. The van der Waals surface area contributed by atoms with Crippen LogP contribution in [0.2, 0.25) is 0 Å². The van der Waals surface area contributed by atoms with Crippen LogP contribution in [-0.4, -0.2) is 40.4 Å². The summed E-state index contributed by atoms with van der Waals surface area (Å²) >= 11 is 0. The average molecular weight is 264 g/mol. The van der Waals surface area contributed by atoms with E-state index in [0.29, 0.717) is 6.04 Å². The molecule has 1 saturated heterocycles. The molecule has 0 spiro atoms. The Morgan fingerprint density at radius 1 is 1.47 bits per heavy atom. The monoisotopic (exact) mass is 264 g/mol. The molecule has 4 heteroatoms. The standard InChI is InChI=1S/C15H28N4/c1-5-12(3)15-11-18(8-7-16-15)10-14-9-13(4)17-19(14)6-2/h9,12,15-16H,5-8,10-11H2,1-4H3. The van der Waals surface area contributed by atoms with Crippen molar-refractivity contribution in [2.45, 2.75) is 53.2 Å². The van der Waals surface area contributed by atoms with Gasteiger partial charge < -0.3 is 5.32 Å². The number of hydrogen-bond donors (Lipinski definition) is 1. The van der Waals surface area contributed by atoms with Crippen molar-refractivity contribution in [1.29, 1.82) is 0 Å². The normalized spacial score (nSPS) is 22.6. The minimum atomic E-state index is 0.637. The molecular weight excluding hydrogens is 236 g/mol. The van der Waals surface area contributed by atoms with Crippen LogP contribution in [0.4, 0.5) is 0 Å². The molecule has 1 N–H and O–H groups in total. The van der Waals surface area contributed by atoms with Gasteiger partial charge in [0.05, 0.1) is 11.4 Å². The lowest BCUT2D eigenvalue weighted by Gasteiger charge is -2.36. The van der Waals surface area contributed by atoms with E-state index in [1.165, 1.54) is 12.1 Å². The van der Waals surface area contributed by atoms with Gasteiger partial charge in [-0.15, -0.1) is 0 Å². The minimum absolute atomic E-state index is 0.637. The molecule has 2 heterocycles. The molecule has 1 aliphatic heterocycles. The quantitative estimate of drug-likeness (QED) is 0.883. The zero-order valence-corrected chi connectivity index (χ0v) is 12.8. The lowest BCUT2D eigenvalue weighted by Crippen LogP contribution is -2.52. The van der Waals surface area contributed by atoms with Crippen LogP contribution in [0.5, 0.6) is 0 Å². The zero-order chi connectivity index (χ0) is 13.8. The molecule has 2 rings (SSSR count). The second-order valence-corrected chi connectivity index (χ2v) is 5.77. The maximum absolute atomic E-state index is 4.54. The fourth-order valence-corrected chi connectivity index (χ4v) is 2.88. The van der Waals surface area contributed by atoms with Gasteiger partial charge in [-0.3, -0.25) is 9.58 Å². The largest absolute Gasteiger partial charge is 0.311 e. The predicted molar refractivity (Wildman–Crippen MR) is 79.2 cm³/mol. The van der Waals surface area contributed by atoms with Crippen molar-refractivity contribution in [2.75, 3.05) is 19.6 Å². The summed E-state index contributed by atoms with van der Waals surface area (Å²) in [5, 5.41) is 8.19. The summed E-state index contributed by atoms with van der Waals surface area (Å²) in [6, 6.07) is 2.86. The number of rotatable bonds is 5. The van der Waals surface area contributed by atoms with Crippen LogP contribution in [0.1, 0.15) is 38.6 Å². The van der Waals surface area contributed by atoms with E-state index in [0.717, 1.165) is 44.3 Å². The van der Waals surface area contributed by atoms with Gasteiger partial charge >= 0.3 is 0 Å². The highest BCUT2D eigenvalue weighted by molar-refractivity contribution is 5.09. The van der Waals surface area contributed by atoms with Crippen LogP contribution in [0.3, 0.4) is 0 Å². The van der Waals surface area contributed by atoms with Gasteiger partial charge in [0.2, 0.25) is 0 Å². The van der Waals surface area contributed by atoms with E-state index < -0.39 is 0 Å². The first kappa shape index (κ1) is 14.5. The van der Waals surface area contributed by atoms with Gasteiger partial charge in [-0.2, -0.15) is 5.10 Å². The van der Waals surface area contributed by atoms with Gasteiger partial charge in [0.1, 0.15) is 0 Å². The van der Waals surface area contributed by atoms with E-state index in [-0.39, 0.29) is 0 Å². The van der Waals surface area contributed by atoms with E-state index in [2.05, 4.69) is 53.8 Å². The molecule has 0 radical (unpaired) electrons. The molecule has 4 nitrogen and oxygen atoms in total. The number of aryl methyl sites for hydroxylation is 2. The number of hydrogen-bond acceptors (Lipinski definition) is 3. The smallest absolute Gasteiger partial charge is 0.0597 e. The average Bonchev–Trinajstić information content (AvgIpc) is 2.78. The summed E-state index contributed by atoms with van der Waals surface area (Å²) < 4.78 is 2.13. The third-order valence-electron chi connectivity index (χ3n) is 4.29. The minimum Gasteiger partial charge on any atom is -0.311 e. The van der Waals surface area contributed by atoms with Gasteiger partial charge in [-0.1, -0.05) is 20.3 Å². The Morgan fingerprint density at radius 3 is 2.95 bits per heavy atom. The molecule has 19 heavy (non-hydrogen) atoms. The summed E-state index contributed by atoms with van der Waals surface area (Å²) in [6.07, 6.45) is 1.25. The second kappa shape index (κ2) is 6.53. The lowest BCUT2D eigenvalue weighted by molar-refractivity contribution is 0.159. The maximum Gasteiger partial charge on any atom is 0.0597 e. The molecule has 0 bridgehead atoms. The topological polar surface area (TPSA) is 33.1 Å². The van der Waals surface area contributed by atoms with Crippen molar-refractivity contribution in [3.63, 3.8) is 0 Å². The molecule has 0 saturated carbocycles. The van der Waals surface area contributed by atoms with Crippen molar-refractivity contribution in [3.8, 4) is 0 Å². The Labute approximate surface area is 117 Å². The summed E-state index contributed by atoms with van der Waals surface area (Å²) in [6.45, 7) is 14.3. The first-order chi connectivity index (χ1) is 9.13. The summed E-state index contributed by atoms with van der Waals surface area (Å²) in [4.78, 5) is 2.57. The third-order valence-corrected chi connectivity index (χ3v) is 4.29. The van der Waals surface area contributed by atoms with Crippen molar-refractivity contribution >= 4 is 0 Å². The highest BCUT2D eigenvalue weighted by Crippen LogP contribution is 2.15. The molecule has 1 fully saturated rings. The highest BCUT2D eigenvalue weighted by atomic mass is 15.3. The number of nitrogens with one attached hydrogen (secondary N) is 1. The van der Waals surface area contributed by atoms with Crippen molar-refractivity contribution < 1.29 is 0 Å². The van der Waals surface area contributed by atoms with Crippen LogP contribution >= 0.6 is 0 Å². The van der Waals surface area contributed by atoms with Crippen molar-refractivity contribution in [3.05, 3.63) is 17.5 Å². The number of aromatic nitrogens is 2. The summed E-state index contributed by atoms with van der Waals surface area (Å²) in [5.41, 5.74) is 2.48. The molecule has 0 amide bonds. The van der Waals surface area contributed by atoms with Crippen LogP contribution in [-0.2, 0) is 13.1 Å². The second-order valence-electron chi connectivity index (χ2n) is 5.77. The molecule has 1 aromatic rings. The highest BCUT2D eigenvalue weighted by Gasteiger charge is 2.23. The van der Waals surface area contributed by atoms with Gasteiger partial charge in [0.15, 0.2) is 0 Å². The molecular formula is C15H28N4. The number of nitrogens with zero attached hydrogens (tertiary/aromatic N) is 3. The Balaban J connectivity index is 1.98. The first-order valence-electron chi connectivity index (χ1n) is 7.63. The fraction of sp³-hybridized carbons (Fsp3) is 0.800. The summed E-state index contributed by atoms with van der Waals surface area (Å²) in [7, 11) is 0. The zero-order valence-electron chi connectivity index (χ0n) is 12.8.